The molecule has 0 radical (unpaired) electrons. The molecule has 2 atom stereocenters. The van der Waals surface area contributed by atoms with Crippen molar-refractivity contribution in [3.8, 4) is 0 Å². The average molecular weight is 345 g/mol. The fourth-order valence-corrected chi connectivity index (χ4v) is 4.10. The molecule has 2 unspecified atom stereocenters. The lowest BCUT2D eigenvalue weighted by Crippen LogP contribution is -2.46. The Balaban J connectivity index is 1.99. The van der Waals surface area contributed by atoms with Crippen molar-refractivity contribution in [1.29, 1.82) is 0 Å². The van der Waals surface area contributed by atoms with Crippen molar-refractivity contribution in [2.75, 3.05) is 18.5 Å². The van der Waals surface area contributed by atoms with Gasteiger partial charge in [-0.15, -0.1) is 10.2 Å². The van der Waals surface area contributed by atoms with E-state index in [2.05, 4.69) is 46.8 Å². The summed E-state index contributed by atoms with van der Waals surface area (Å²) in [6, 6.07) is 8.21. The molecule has 1 amide bonds. The minimum atomic E-state index is -0.260. The Bertz CT molecular complexity index is 723. The summed E-state index contributed by atoms with van der Waals surface area (Å²) >= 11 is 1.49. The first-order chi connectivity index (χ1) is 11.5. The molecule has 0 saturated carbocycles. The Morgan fingerprint density at radius 3 is 2.50 bits per heavy atom. The van der Waals surface area contributed by atoms with Gasteiger partial charge in [0.05, 0.1) is 6.04 Å². The van der Waals surface area contributed by atoms with E-state index >= 15 is 0 Å². The molecule has 1 aromatic carbocycles. The Morgan fingerprint density at radius 2 is 1.88 bits per heavy atom. The summed E-state index contributed by atoms with van der Waals surface area (Å²) in [5.41, 5.74) is 5.74. The highest BCUT2D eigenvalue weighted by Crippen LogP contribution is 2.37. The number of aromatic nitrogens is 3. The van der Waals surface area contributed by atoms with Crippen molar-refractivity contribution in [3.63, 3.8) is 0 Å². The lowest BCUT2D eigenvalue weighted by molar-refractivity contribution is -0.130. The number of nitrogens with zero attached hydrogens (tertiary/aromatic N) is 4. The Morgan fingerprint density at radius 1 is 1.21 bits per heavy atom. The molecule has 0 fully saturated rings. The quantitative estimate of drug-likeness (QED) is 0.922. The third kappa shape index (κ3) is 3.00. The number of rotatable bonds is 4. The van der Waals surface area contributed by atoms with Gasteiger partial charge in [0.25, 0.3) is 0 Å². The van der Waals surface area contributed by atoms with Crippen LogP contribution in [0.5, 0.6) is 0 Å². The van der Waals surface area contributed by atoms with Gasteiger partial charge in [-0.2, -0.15) is 0 Å². The summed E-state index contributed by atoms with van der Waals surface area (Å²) in [7, 11) is 0. The van der Waals surface area contributed by atoms with Crippen LogP contribution in [-0.2, 0) is 4.79 Å². The van der Waals surface area contributed by atoms with Gasteiger partial charge >= 0.3 is 0 Å². The normalized spacial score (nSPS) is 19.5. The topological polar surface area (TPSA) is 63.1 Å². The first kappa shape index (κ1) is 16.8. The Kier molecular flexibility index (Phi) is 4.80. The number of carbonyl (C=O) groups is 1. The zero-order valence-corrected chi connectivity index (χ0v) is 15.3. The molecule has 0 bridgehead atoms. The summed E-state index contributed by atoms with van der Waals surface area (Å²) in [6.45, 7) is 9.40. The number of nitrogens with one attached hydrogen (secondary N) is 1. The van der Waals surface area contributed by atoms with E-state index in [1.54, 1.807) is 0 Å². The predicted octanol–water partition coefficient (Wildman–Crippen LogP) is 2.52. The fourth-order valence-electron chi connectivity index (χ4n) is 2.89. The third-order valence-electron chi connectivity index (χ3n) is 4.35. The first-order valence-electron chi connectivity index (χ1n) is 8.25. The van der Waals surface area contributed by atoms with Crippen LogP contribution in [0, 0.1) is 13.8 Å². The number of hydrogen-bond donors (Lipinski definition) is 1. The van der Waals surface area contributed by atoms with Gasteiger partial charge in [0.1, 0.15) is 11.1 Å². The smallest absolute Gasteiger partial charge is 0.238 e. The van der Waals surface area contributed by atoms with Gasteiger partial charge in [-0.25, -0.2) is 4.68 Å². The second kappa shape index (κ2) is 6.84. The highest BCUT2D eigenvalue weighted by Gasteiger charge is 2.38. The minimum Gasteiger partial charge on any atom is -0.342 e. The predicted molar refractivity (Wildman–Crippen MR) is 95.6 cm³/mol. The molecule has 6 nitrogen and oxygen atoms in total. The van der Waals surface area contributed by atoms with Crippen molar-refractivity contribution >= 4 is 17.7 Å². The van der Waals surface area contributed by atoms with Crippen LogP contribution in [0.3, 0.4) is 0 Å². The Labute approximate surface area is 146 Å². The van der Waals surface area contributed by atoms with Gasteiger partial charge in [0.15, 0.2) is 0 Å². The van der Waals surface area contributed by atoms with Crippen molar-refractivity contribution in [3.05, 3.63) is 41.2 Å². The van der Waals surface area contributed by atoms with Crippen molar-refractivity contribution in [1.82, 2.24) is 19.8 Å². The first-order valence-corrected chi connectivity index (χ1v) is 9.13. The summed E-state index contributed by atoms with van der Waals surface area (Å²) in [4.78, 5) is 14.9. The molecule has 24 heavy (non-hydrogen) atoms. The number of hydrogen-bond acceptors (Lipinski definition) is 5. The molecule has 128 valence electrons. The molecule has 0 spiro atoms. The number of amides is 1. The van der Waals surface area contributed by atoms with Crippen LogP contribution in [-0.4, -0.2) is 44.0 Å². The van der Waals surface area contributed by atoms with Crippen molar-refractivity contribution in [2.45, 2.75) is 44.1 Å². The van der Waals surface area contributed by atoms with Gasteiger partial charge < -0.3 is 10.3 Å². The molecular formula is C17H23N5OS. The summed E-state index contributed by atoms with van der Waals surface area (Å²) in [6.07, 6.45) is 0. The van der Waals surface area contributed by atoms with Crippen LogP contribution < -0.4 is 5.43 Å². The number of aryl methyl sites for hydroxylation is 2. The highest BCUT2D eigenvalue weighted by molar-refractivity contribution is 8.00. The monoisotopic (exact) mass is 345 g/mol. The van der Waals surface area contributed by atoms with Crippen molar-refractivity contribution < 1.29 is 4.79 Å². The number of thioether (sulfide) groups is 1. The van der Waals surface area contributed by atoms with Crippen LogP contribution in [0.25, 0.3) is 0 Å². The zero-order chi connectivity index (χ0) is 17.3. The van der Waals surface area contributed by atoms with Crippen LogP contribution in [0.1, 0.15) is 36.8 Å². The minimum absolute atomic E-state index is 0.120. The molecule has 2 heterocycles. The molecule has 2 aromatic rings. The van der Waals surface area contributed by atoms with Crippen LogP contribution in [0.15, 0.2) is 29.4 Å². The van der Waals surface area contributed by atoms with Crippen LogP contribution in [0.4, 0.5) is 0 Å². The number of benzene rings is 1. The number of carbonyl (C=O) groups excluding carboxylic acids is 1. The molecule has 0 aliphatic carbocycles. The van der Waals surface area contributed by atoms with Gasteiger partial charge in [0.2, 0.25) is 11.1 Å². The standard InChI is InChI=1S/C17H23N5OS/c1-5-21(6-2)16(23)15-14(13-9-7-11(3)8-10-13)20-22-12(4)18-19-17(22)24-15/h7-10,14-15,20H,5-6H2,1-4H3. The van der Waals surface area contributed by atoms with E-state index in [9.17, 15) is 4.79 Å². The van der Waals surface area contributed by atoms with Crippen LogP contribution >= 0.6 is 11.8 Å². The zero-order valence-electron chi connectivity index (χ0n) is 14.5. The van der Waals surface area contributed by atoms with Gasteiger partial charge in [-0.3, -0.25) is 4.79 Å². The maximum absolute atomic E-state index is 13.0. The third-order valence-corrected chi connectivity index (χ3v) is 5.56. The van der Waals surface area contributed by atoms with E-state index in [-0.39, 0.29) is 17.2 Å². The lowest BCUT2D eigenvalue weighted by Gasteiger charge is -2.35. The molecule has 1 aliphatic rings. The van der Waals surface area contributed by atoms with E-state index in [1.807, 2.05) is 30.3 Å². The molecule has 3 rings (SSSR count). The molecule has 7 heteroatoms. The summed E-state index contributed by atoms with van der Waals surface area (Å²) in [5.74, 6) is 0.929. The molecule has 0 saturated heterocycles. The van der Waals surface area contributed by atoms with Crippen molar-refractivity contribution in [2.24, 2.45) is 0 Å². The van der Waals surface area contributed by atoms with E-state index in [1.165, 1.54) is 17.3 Å². The second-order valence-electron chi connectivity index (χ2n) is 5.93. The van der Waals surface area contributed by atoms with Crippen LogP contribution in [0.2, 0.25) is 0 Å². The van der Waals surface area contributed by atoms with E-state index < -0.39 is 0 Å². The molecule has 1 aliphatic heterocycles. The lowest BCUT2D eigenvalue weighted by atomic mass is 10.0. The Hall–Kier alpha value is -2.02. The average Bonchev–Trinajstić information content (AvgIpc) is 2.96. The largest absolute Gasteiger partial charge is 0.342 e. The molecule has 1 N–H and O–H groups in total. The second-order valence-corrected chi connectivity index (χ2v) is 7.04. The van der Waals surface area contributed by atoms with Gasteiger partial charge in [-0.1, -0.05) is 41.6 Å². The fraction of sp³-hybridized carbons (Fsp3) is 0.471. The van der Waals surface area contributed by atoms with Gasteiger partial charge in [0, 0.05) is 13.1 Å². The maximum Gasteiger partial charge on any atom is 0.238 e. The SMILES string of the molecule is CCN(CC)C(=O)C1Sc2nnc(C)n2NC1c1ccc(C)cc1. The van der Waals surface area contributed by atoms with E-state index in [0.29, 0.717) is 13.1 Å². The summed E-state index contributed by atoms with van der Waals surface area (Å²) < 4.78 is 1.88. The molecule has 1 aromatic heterocycles. The highest BCUT2D eigenvalue weighted by atomic mass is 32.2. The summed E-state index contributed by atoms with van der Waals surface area (Å²) in [5, 5.41) is 8.79. The molecular weight excluding hydrogens is 322 g/mol. The van der Waals surface area contributed by atoms with Gasteiger partial charge in [-0.05, 0) is 33.3 Å². The van der Waals surface area contributed by atoms with E-state index in [4.69, 9.17) is 0 Å². The maximum atomic E-state index is 13.0. The number of fused-ring (bicyclic) bond motifs is 1. The van der Waals surface area contributed by atoms with E-state index in [0.717, 1.165) is 16.5 Å².